The molecule has 4 aliphatic rings. The second-order valence-electron chi connectivity index (χ2n) is 7.39. The van der Waals surface area contributed by atoms with Crippen molar-refractivity contribution in [3.05, 3.63) is 45.0 Å². The fourth-order valence-electron chi connectivity index (χ4n) is 5.16. The van der Waals surface area contributed by atoms with Gasteiger partial charge in [-0.2, -0.15) is 0 Å². The van der Waals surface area contributed by atoms with E-state index in [1.54, 1.807) is 19.1 Å². The van der Waals surface area contributed by atoms with E-state index in [0.29, 0.717) is 34.9 Å². The lowest BCUT2D eigenvalue weighted by Crippen LogP contribution is -2.22. The Bertz CT molecular complexity index is 861. The van der Waals surface area contributed by atoms with E-state index in [4.69, 9.17) is 0 Å². The number of aryl methyl sites for hydroxylation is 1. The predicted molar refractivity (Wildman–Crippen MR) is 86.8 cm³/mol. The SMILES string of the molecule is Cc1ccc(-n2c(O)c3c(c2O)[C@@H]2CC[C@H]3[C@H]3C[C@H]32)cc1[N+](=O)[O-]. The summed E-state index contributed by atoms with van der Waals surface area (Å²) in [5, 5.41) is 32.8. The summed E-state index contributed by atoms with van der Waals surface area (Å²) in [6.07, 6.45) is 3.31. The predicted octanol–water partition coefficient (Wildman–Crippen LogP) is 3.72. The summed E-state index contributed by atoms with van der Waals surface area (Å²) in [4.78, 5) is 10.8. The van der Waals surface area contributed by atoms with Crippen molar-refractivity contribution in [2.24, 2.45) is 11.8 Å². The molecule has 4 aliphatic carbocycles. The maximum atomic E-state index is 11.2. The highest BCUT2D eigenvalue weighted by atomic mass is 16.6. The topological polar surface area (TPSA) is 88.5 Å². The third-order valence-electron chi connectivity index (χ3n) is 6.30. The summed E-state index contributed by atoms with van der Waals surface area (Å²) >= 11 is 0. The molecule has 124 valence electrons. The number of hydrogen-bond acceptors (Lipinski definition) is 4. The molecule has 1 heterocycles. The highest BCUT2D eigenvalue weighted by Gasteiger charge is 2.58. The van der Waals surface area contributed by atoms with Gasteiger partial charge in [-0.1, -0.05) is 6.07 Å². The molecule has 0 amide bonds. The minimum Gasteiger partial charge on any atom is -0.494 e. The highest BCUT2D eigenvalue weighted by molar-refractivity contribution is 5.61. The van der Waals surface area contributed by atoms with Crippen LogP contribution in [0.3, 0.4) is 0 Å². The maximum Gasteiger partial charge on any atom is 0.274 e. The van der Waals surface area contributed by atoms with E-state index in [2.05, 4.69) is 0 Å². The van der Waals surface area contributed by atoms with Crippen molar-refractivity contribution in [2.75, 3.05) is 0 Å². The Kier molecular flexibility index (Phi) is 2.50. The van der Waals surface area contributed by atoms with E-state index in [1.165, 1.54) is 17.1 Å². The molecular formula is C18H18N2O4. The van der Waals surface area contributed by atoms with E-state index in [-0.39, 0.29) is 17.4 Å². The van der Waals surface area contributed by atoms with Crippen molar-refractivity contribution in [2.45, 2.75) is 38.0 Å². The Morgan fingerprint density at radius 3 is 2.25 bits per heavy atom. The molecule has 1 aromatic carbocycles. The van der Waals surface area contributed by atoms with Crippen LogP contribution in [0.1, 0.15) is 47.8 Å². The van der Waals surface area contributed by atoms with Gasteiger partial charge in [-0.3, -0.25) is 14.7 Å². The zero-order valence-electron chi connectivity index (χ0n) is 13.3. The molecule has 0 radical (unpaired) electrons. The smallest absolute Gasteiger partial charge is 0.274 e. The molecule has 2 bridgehead atoms. The number of benzene rings is 1. The van der Waals surface area contributed by atoms with Crippen LogP contribution in [0.5, 0.6) is 11.8 Å². The molecule has 2 fully saturated rings. The summed E-state index contributed by atoms with van der Waals surface area (Å²) in [5.74, 6) is 2.04. The average molecular weight is 326 g/mol. The molecule has 1 aromatic heterocycles. The Labute approximate surface area is 138 Å². The number of nitrogens with zero attached hydrogens (tertiary/aromatic N) is 2. The van der Waals surface area contributed by atoms with Crippen molar-refractivity contribution >= 4 is 5.69 Å². The van der Waals surface area contributed by atoms with Crippen LogP contribution >= 0.6 is 0 Å². The van der Waals surface area contributed by atoms with Crippen LogP contribution in [0, 0.1) is 28.9 Å². The minimum absolute atomic E-state index is 0.0104. The number of nitro groups is 1. The Hall–Kier alpha value is -2.50. The maximum absolute atomic E-state index is 11.2. The molecule has 6 rings (SSSR count). The van der Waals surface area contributed by atoms with Gasteiger partial charge in [0.05, 0.1) is 10.6 Å². The lowest BCUT2D eigenvalue weighted by molar-refractivity contribution is -0.385. The Morgan fingerprint density at radius 1 is 1.12 bits per heavy atom. The molecule has 6 nitrogen and oxygen atoms in total. The fraction of sp³-hybridized carbons (Fsp3) is 0.444. The summed E-state index contributed by atoms with van der Waals surface area (Å²) in [6.45, 7) is 1.68. The van der Waals surface area contributed by atoms with Crippen molar-refractivity contribution in [3.8, 4) is 17.4 Å². The molecule has 0 aliphatic heterocycles. The Morgan fingerprint density at radius 2 is 1.71 bits per heavy atom. The number of fused-ring (bicyclic) bond motifs is 1. The van der Waals surface area contributed by atoms with E-state index in [0.717, 1.165) is 24.0 Å². The summed E-state index contributed by atoms with van der Waals surface area (Å²) in [7, 11) is 0. The molecule has 0 unspecified atom stereocenters. The van der Waals surface area contributed by atoms with Gasteiger partial charge in [0, 0.05) is 22.8 Å². The quantitative estimate of drug-likeness (QED) is 0.650. The average Bonchev–Trinajstić information content (AvgIpc) is 3.33. The molecule has 2 N–H and O–H groups in total. The van der Waals surface area contributed by atoms with Gasteiger partial charge in [0.2, 0.25) is 11.8 Å². The largest absolute Gasteiger partial charge is 0.494 e. The monoisotopic (exact) mass is 326 g/mol. The van der Waals surface area contributed by atoms with Gasteiger partial charge in [-0.05, 0) is 55.9 Å². The van der Waals surface area contributed by atoms with Crippen LogP contribution in [0.4, 0.5) is 5.69 Å². The second kappa shape index (κ2) is 4.32. The van der Waals surface area contributed by atoms with Crippen LogP contribution < -0.4 is 0 Å². The van der Waals surface area contributed by atoms with E-state index < -0.39 is 4.92 Å². The molecule has 0 spiro atoms. The summed E-state index contributed by atoms with van der Waals surface area (Å²) < 4.78 is 1.38. The molecule has 2 saturated carbocycles. The molecule has 4 atom stereocenters. The number of aromatic nitrogens is 1. The lowest BCUT2D eigenvalue weighted by atomic mass is 9.68. The van der Waals surface area contributed by atoms with Crippen LogP contribution in [0.25, 0.3) is 5.69 Å². The molecule has 6 heteroatoms. The van der Waals surface area contributed by atoms with Crippen molar-refractivity contribution in [1.29, 1.82) is 0 Å². The van der Waals surface area contributed by atoms with E-state index in [1.807, 2.05) is 0 Å². The van der Waals surface area contributed by atoms with Crippen molar-refractivity contribution < 1.29 is 15.1 Å². The number of aromatic hydroxyl groups is 2. The lowest BCUT2D eigenvalue weighted by Gasteiger charge is -2.35. The summed E-state index contributed by atoms with van der Waals surface area (Å²) in [5.41, 5.74) is 2.74. The molecule has 0 saturated heterocycles. The third-order valence-corrected chi connectivity index (χ3v) is 6.30. The van der Waals surface area contributed by atoms with Gasteiger partial charge in [0.1, 0.15) is 0 Å². The van der Waals surface area contributed by atoms with Crippen molar-refractivity contribution in [3.63, 3.8) is 0 Å². The van der Waals surface area contributed by atoms with Crippen LogP contribution in [0.15, 0.2) is 18.2 Å². The van der Waals surface area contributed by atoms with Gasteiger partial charge in [-0.25, -0.2) is 0 Å². The first-order valence-corrected chi connectivity index (χ1v) is 8.41. The molecule has 24 heavy (non-hydrogen) atoms. The first kappa shape index (κ1) is 13.9. The Balaban J connectivity index is 1.72. The molecule has 2 aromatic rings. The van der Waals surface area contributed by atoms with E-state index >= 15 is 0 Å². The minimum atomic E-state index is -0.435. The van der Waals surface area contributed by atoms with Gasteiger partial charge >= 0.3 is 0 Å². The van der Waals surface area contributed by atoms with Crippen molar-refractivity contribution in [1.82, 2.24) is 4.57 Å². The van der Waals surface area contributed by atoms with Gasteiger partial charge < -0.3 is 10.2 Å². The number of rotatable bonds is 2. The number of hydrogen-bond donors (Lipinski definition) is 2. The van der Waals surface area contributed by atoms with Gasteiger partial charge in [-0.15, -0.1) is 0 Å². The standard InChI is InChI=1S/C18H18N2O4/c1-8-2-3-9(6-14(8)20(23)24)19-17(21)15-10-4-5-11(13-7-12(10)13)16(15)18(19)22/h2-3,6,10-13,21-22H,4-5,7H2,1H3/t10-,11+,12+,13-. The van der Waals surface area contributed by atoms with Crippen LogP contribution in [-0.4, -0.2) is 19.7 Å². The first-order valence-electron chi connectivity index (χ1n) is 8.41. The van der Waals surface area contributed by atoms with E-state index in [9.17, 15) is 20.3 Å². The fourth-order valence-corrected chi connectivity index (χ4v) is 5.16. The zero-order chi connectivity index (χ0) is 16.7. The molecular weight excluding hydrogens is 308 g/mol. The zero-order valence-corrected chi connectivity index (χ0v) is 13.3. The van der Waals surface area contributed by atoms with Crippen LogP contribution in [0.2, 0.25) is 0 Å². The third kappa shape index (κ3) is 1.56. The summed E-state index contributed by atoms with van der Waals surface area (Å²) in [6, 6.07) is 4.77. The van der Waals surface area contributed by atoms with Gasteiger partial charge in [0.15, 0.2) is 0 Å². The normalized spacial score (nSPS) is 29.2. The van der Waals surface area contributed by atoms with Crippen LogP contribution in [-0.2, 0) is 0 Å². The number of nitro benzene ring substituents is 1. The highest BCUT2D eigenvalue weighted by Crippen LogP contribution is 2.70. The van der Waals surface area contributed by atoms with Gasteiger partial charge in [0.25, 0.3) is 5.69 Å². The first-order chi connectivity index (χ1) is 11.5. The second-order valence-corrected chi connectivity index (χ2v) is 7.39.